The van der Waals surface area contributed by atoms with Crippen LogP contribution in [-0.2, 0) is 15.0 Å². The van der Waals surface area contributed by atoms with Crippen molar-refractivity contribution in [3.05, 3.63) is 35.9 Å². The van der Waals surface area contributed by atoms with E-state index in [9.17, 15) is 9.59 Å². The first-order chi connectivity index (χ1) is 7.92. The minimum atomic E-state index is -0.207. The molecule has 0 saturated heterocycles. The number of Topliss-reactive ketones (excluding diaryl/α,β-unsaturated/α-hetero) is 1. The van der Waals surface area contributed by atoms with Crippen molar-refractivity contribution in [2.24, 2.45) is 0 Å². The maximum Gasteiger partial charge on any atom is 0.227 e. The number of carbonyl (C=O) groups is 2. The van der Waals surface area contributed by atoms with Crippen LogP contribution < -0.4 is 5.32 Å². The highest BCUT2D eigenvalue weighted by molar-refractivity contribution is 5.96. The normalized spacial score (nSPS) is 11.0. The molecule has 0 saturated carbocycles. The second kappa shape index (κ2) is 5.62. The van der Waals surface area contributed by atoms with Crippen LogP contribution in [0.2, 0.25) is 0 Å². The number of hydrogen-bond acceptors (Lipinski definition) is 2. The van der Waals surface area contributed by atoms with Crippen LogP contribution in [0.4, 0.5) is 0 Å². The third kappa shape index (κ3) is 4.39. The minimum Gasteiger partial charge on any atom is -0.355 e. The average molecular weight is 233 g/mol. The fourth-order valence-corrected chi connectivity index (χ4v) is 1.60. The predicted molar refractivity (Wildman–Crippen MR) is 67.8 cm³/mol. The third-order valence-electron chi connectivity index (χ3n) is 2.69. The largest absolute Gasteiger partial charge is 0.355 e. The Balaban J connectivity index is 2.56. The molecule has 92 valence electrons. The highest BCUT2D eigenvalue weighted by Crippen LogP contribution is 2.21. The average Bonchev–Trinajstić information content (AvgIpc) is 2.27. The molecule has 3 nitrogen and oxygen atoms in total. The van der Waals surface area contributed by atoms with Crippen LogP contribution in [0.5, 0.6) is 0 Å². The summed E-state index contributed by atoms with van der Waals surface area (Å²) in [6.07, 6.45) is -0.0368. The lowest BCUT2D eigenvalue weighted by molar-refractivity contribution is -0.127. The first-order valence-electron chi connectivity index (χ1n) is 5.73. The Morgan fingerprint density at radius 2 is 1.76 bits per heavy atom. The van der Waals surface area contributed by atoms with Gasteiger partial charge >= 0.3 is 0 Å². The molecule has 0 unspecified atom stereocenters. The first-order valence-corrected chi connectivity index (χ1v) is 5.73. The molecule has 17 heavy (non-hydrogen) atoms. The summed E-state index contributed by atoms with van der Waals surface area (Å²) in [6.45, 7) is 6.08. The maximum absolute atomic E-state index is 11.4. The van der Waals surface area contributed by atoms with Crippen LogP contribution in [0.25, 0.3) is 0 Å². The summed E-state index contributed by atoms with van der Waals surface area (Å²) in [5, 5.41) is 2.79. The van der Waals surface area contributed by atoms with E-state index in [0.29, 0.717) is 6.54 Å². The molecule has 0 aliphatic carbocycles. The lowest BCUT2D eigenvalue weighted by Crippen LogP contribution is -2.37. The molecular weight excluding hydrogens is 214 g/mol. The Morgan fingerprint density at radius 3 is 2.29 bits per heavy atom. The highest BCUT2D eigenvalue weighted by atomic mass is 16.2. The Hall–Kier alpha value is -1.64. The Labute approximate surface area is 102 Å². The van der Waals surface area contributed by atoms with E-state index in [4.69, 9.17) is 0 Å². The summed E-state index contributed by atoms with van der Waals surface area (Å²) >= 11 is 0. The van der Waals surface area contributed by atoms with Gasteiger partial charge in [-0.05, 0) is 12.5 Å². The third-order valence-corrected chi connectivity index (χ3v) is 2.69. The standard InChI is InChI=1S/C14H19NO2/c1-11(16)9-13(17)15-10-14(2,3)12-7-5-4-6-8-12/h4-8H,9-10H2,1-3H3,(H,15,17). The van der Waals surface area contributed by atoms with Crippen molar-refractivity contribution in [1.82, 2.24) is 5.32 Å². The Bertz CT molecular complexity index is 396. The summed E-state index contributed by atoms with van der Waals surface area (Å²) in [5.41, 5.74) is 1.04. The van der Waals surface area contributed by atoms with Gasteiger partial charge in [0.1, 0.15) is 5.78 Å². The van der Waals surface area contributed by atoms with Gasteiger partial charge in [-0.15, -0.1) is 0 Å². The number of nitrogens with one attached hydrogen (secondary N) is 1. The summed E-state index contributed by atoms with van der Waals surface area (Å²) in [4.78, 5) is 22.2. The highest BCUT2D eigenvalue weighted by Gasteiger charge is 2.21. The van der Waals surface area contributed by atoms with Crippen LogP contribution in [0, 0.1) is 0 Å². The molecule has 0 bridgehead atoms. The lowest BCUT2D eigenvalue weighted by Gasteiger charge is -2.25. The number of benzene rings is 1. The summed E-state index contributed by atoms with van der Waals surface area (Å²) in [7, 11) is 0. The van der Waals surface area contributed by atoms with E-state index in [1.165, 1.54) is 12.5 Å². The second-order valence-electron chi connectivity index (χ2n) is 4.91. The van der Waals surface area contributed by atoms with Gasteiger partial charge in [-0.3, -0.25) is 9.59 Å². The van der Waals surface area contributed by atoms with E-state index in [1.54, 1.807) is 0 Å². The molecule has 0 heterocycles. The van der Waals surface area contributed by atoms with E-state index in [-0.39, 0.29) is 23.5 Å². The zero-order valence-corrected chi connectivity index (χ0v) is 10.6. The topological polar surface area (TPSA) is 46.2 Å². The van der Waals surface area contributed by atoms with Gasteiger partial charge in [0.2, 0.25) is 5.91 Å². The SMILES string of the molecule is CC(=O)CC(=O)NCC(C)(C)c1ccccc1. The molecule has 1 aromatic rings. The van der Waals surface area contributed by atoms with Crippen LogP contribution in [0.3, 0.4) is 0 Å². The van der Waals surface area contributed by atoms with Crippen LogP contribution in [0.15, 0.2) is 30.3 Å². The predicted octanol–water partition coefficient (Wildman–Crippen LogP) is 2.06. The molecule has 1 amide bonds. The molecule has 1 rings (SSSR count). The van der Waals surface area contributed by atoms with Crippen LogP contribution in [-0.4, -0.2) is 18.2 Å². The fraction of sp³-hybridized carbons (Fsp3) is 0.429. The zero-order valence-electron chi connectivity index (χ0n) is 10.6. The van der Waals surface area contributed by atoms with Gasteiger partial charge in [0.05, 0.1) is 6.42 Å². The van der Waals surface area contributed by atoms with Crippen LogP contribution in [0.1, 0.15) is 32.8 Å². The maximum atomic E-state index is 11.4. The Morgan fingerprint density at radius 1 is 1.18 bits per heavy atom. The monoisotopic (exact) mass is 233 g/mol. The molecule has 0 aromatic heterocycles. The molecule has 3 heteroatoms. The minimum absolute atomic E-state index is 0.0368. The van der Waals surface area contributed by atoms with Crippen molar-refractivity contribution in [2.75, 3.05) is 6.54 Å². The van der Waals surface area contributed by atoms with E-state index in [0.717, 1.165) is 0 Å². The molecule has 0 fully saturated rings. The zero-order chi connectivity index (χ0) is 12.9. The van der Waals surface area contributed by atoms with Crippen molar-refractivity contribution in [2.45, 2.75) is 32.6 Å². The summed E-state index contributed by atoms with van der Waals surface area (Å²) < 4.78 is 0. The molecule has 0 atom stereocenters. The molecule has 0 radical (unpaired) electrons. The van der Waals surface area contributed by atoms with E-state index < -0.39 is 0 Å². The number of carbonyl (C=O) groups excluding carboxylic acids is 2. The number of ketones is 1. The number of rotatable bonds is 5. The van der Waals surface area contributed by atoms with Crippen molar-refractivity contribution in [1.29, 1.82) is 0 Å². The molecular formula is C14H19NO2. The van der Waals surface area contributed by atoms with Crippen molar-refractivity contribution in [3.63, 3.8) is 0 Å². The van der Waals surface area contributed by atoms with Gasteiger partial charge in [0.15, 0.2) is 0 Å². The van der Waals surface area contributed by atoms with Gasteiger partial charge < -0.3 is 5.32 Å². The molecule has 1 N–H and O–H groups in total. The van der Waals surface area contributed by atoms with E-state index >= 15 is 0 Å². The van der Waals surface area contributed by atoms with Gasteiger partial charge in [-0.2, -0.15) is 0 Å². The molecule has 0 spiro atoms. The van der Waals surface area contributed by atoms with Crippen LogP contribution >= 0.6 is 0 Å². The summed E-state index contributed by atoms with van der Waals surface area (Å²) in [5.74, 6) is -0.318. The van der Waals surface area contributed by atoms with Crippen molar-refractivity contribution < 1.29 is 9.59 Å². The molecule has 0 aliphatic rings. The van der Waals surface area contributed by atoms with E-state index in [2.05, 4.69) is 19.2 Å². The fourth-order valence-electron chi connectivity index (χ4n) is 1.60. The smallest absolute Gasteiger partial charge is 0.227 e. The summed E-state index contributed by atoms with van der Waals surface area (Å²) in [6, 6.07) is 10.0. The van der Waals surface area contributed by atoms with Gasteiger partial charge in [-0.1, -0.05) is 44.2 Å². The Kier molecular flexibility index (Phi) is 4.44. The van der Waals surface area contributed by atoms with Gasteiger partial charge in [0, 0.05) is 12.0 Å². The van der Waals surface area contributed by atoms with Crippen molar-refractivity contribution >= 4 is 11.7 Å². The number of hydrogen-bond donors (Lipinski definition) is 1. The van der Waals surface area contributed by atoms with Crippen molar-refractivity contribution in [3.8, 4) is 0 Å². The number of amides is 1. The quantitative estimate of drug-likeness (QED) is 0.791. The second-order valence-corrected chi connectivity index (χ2v) is 4.91. The first kappa shape index (κ1) is 13.4. The molecule has 0 aliphatic heterocycles. The van der Waals surface area contributed by atoms with Gasteiger partial charge in [0.25, 0.3) is 0 Å². The lowest BCUT2D eigenvalue weighted by atomic mass is 9.84. The molecule has 1 aromatic carbocycles. The van der Waals surface area contributed by atoms with E-state index in [1.807, 2.05) is 30.3 Å². The van der Waals surface area contributed by atoms with Gasteiger partial charge in [-0.25, -0.2) is 0 Å².